The lowest BCUT2D eigenvalue weighted by Gasteiger charge is -2.63. The lowest BCUT2D eigenvalue weighted by Crippen LogP contribution is -2.70. The maximum atomic E-state index is 14.7. The minimum atomic E-state index is -5.15. The van der Waals surface area contributed by atoms with Gasteiger partial charge in [-0.1, -0.05) is 44.2 Å². The maximum Gasteiger partial charge on any atom is 0.432 e. The van der Waals surface area contributed by atoms with Gasteiger partial charge < -0.3 is 33.2 Å². The van der Waals surface area contributed by atoms with E-state index in [0.717, 1.165) is 25.5 Å². The Balaban J connectivity index is 1.40. The van der Waals surface area contributed by atoms with Gasteiger partial charge in [-0.2, -0.15) is 13.2 Å². The van der Waals surface area contributed by atoms with Crippen LogP contribution in [-0.4, -0.2) is 68.3 Å². The predicted molar refractivity (Wildman–Crippen MR) is 145 cm³/mol. The summed E-state index contributed by atoms with van der Waals surface area (Å²) in [5, 5.41) is 0. The average molecular weight is 623 g/mol. The molecule has 0 radical (unpaired) electrons. The van der Waals surface area contributed by atoms with Gasteiger partial charge in [-0.25, -0.2) is 4.79 Å². The summed E-state index contributed by atoms with van der Waals surface area (Å²) in [7, 11) is 0.819. The first kappa shape index (κ1) is 31.0. The zero-order valence-corrected chi connectivity index (χ0v) is 25.0. The normalized spacial score (nSPS) is 42.0. The Kier molecular flexibility index (Phi) is 7.45. The summed E-state index contributed by atoms with van der Waals surface area (Å²) in [4.78, 5) is 39.4. The second-order valence-corrected chi connectivity index (χ2v) is 13.1. The van der Waals surface area contributed by atoms with Crippen molar-refractivity contribution < 1.29 is 56.0 Å². The number of alkyl halides is 3. The molecular formula is C32H37F3O9. The SMILES string of the molecule is CO[C@](C(=O)O[C@@H]1C[C@@H]2[C@@](C)([C@@H]3C[C@H]4C=CO[C@H]4O3)[C@H](C)C[C@H](OC(C)=O)[C@@]2(C=O)[C@@]2(CO2)C1)(c1ccccc1)C(F)(F)F. The molecule has 0 N–H and O–H groups in total. The fourth-order valence-corrected chi connectivity index (χ4v) is 8.73. The zero-order chi connectivity index (χ0) is 31.7. The van der Waals surface area contributed by atoms with Crippen LogP contribution in [0.5, 0.6) is 0 Å². The Morgan fingerprint density at radius 1 is 1.09 bits per heavy atom. The fourth-order valence-electron chi connectivity index (χ4n) is 8.73. The molecule has 2 saturated carbocycles. The van der Waals surface area contributed by atoms with Crippen molar-refractivity contribution in [2.45, 2.75) is 88.4 Å². The monoisotopic (exact) mass is 622 g/mol. The zero-order valence-electron chi connectivity index (χ0n) is 25.0. The van der Waals surface area contributed by atoms with E-state index in [2.05, 4.69) is 0 Å². The molecule has 2 saturated heterocycles. The predicted octanol–water partition coefficient (Wildman–Crippen LogP) is 4.62. The molecule has 44 heavy (non-hydrogen) atoms. The summed E-state index contributed by atoms with van der Waals surface area (Å²) in [6.07, 6.45) is -2.70. The highest BCUT2D eigenvalue weighted by molar-refractivity contribution is 5.83. The van der Waals surface area contributed by atoms with Crippen LogP contribution in [0.1, 0.15) is 52.0 Å². The molecule has 3 aliphatic heterocycles. The molecule has 0 unspecified atom stereocenters. The van der Waals surface area contributed by atoms with E-state index in [1.807, 2.05) is 19.9 Å². The van der Waals surface area contributed by atoms with Gasteiger partial charge in [0.25, 0.3) is 5.60 Å². The van der Waals surface area contributed by atoms with E-state index in [0.29, 0.717) is 12.8 Å². The van der Waals surface area contributed by atoms with Crippen LogP contribution in [0.4, 0.5) is 13.2 Å². The van der Waals surface area contributed by atoms with Crippen LogP contribution >= 0.6 is 0 Å². The molecule has 3 heterocycles. The molecule has 1 spiro atoms. The van der Waals surface area contributed by atoms with Gasteiger partial charge >= 0.3 is 18.1 Å². The smallest absolute Gasteiger partial charge is 0.432 e. The summed E-state index contributed by atoms with van der Waals surface area (Å²) < 4.78 is 78.7. The molecule has 0 aromatic heterocycles. The van der Waals surface area contributed by atoms with Crippen molar-refractivity contribution >= 4 is 18.2 Å². The van der Waals surface area contributed by atoms with Crippen LogP contribution in [0, 0.1) is 28.6 Å². The van der Waals surface area contributed by atoms with Gasteiger partial charge in [0.2, 0.25) is 6.29 Å². The lowest BCUT2D eigenvalue weighted by molar-refractivity contribution is -0.282. The van der Waals surface area contributed by atoms with Crippen LogP contribution in [0.25, 0.3) is 0 Å². The largest absolute Gasteiger partial charge is 0.472 e. The number of methoxy groups -OCH3 is 1. The van der Waals surface area contributed by atoms with E-state index in [-0.39, 0.29) is 31.3 Å². The van der Waals surface area contributed by atoms with Crippen molar-refractivity contribution in [3.8, 4) is 0 Å². The second kappa shape index (κ2) is 10.6. The summed E-state index contributed by atoms with van der Waals surface area (Å²) in [5.74, 6) is -2.98. The molecule has 240 valence electrons. The van der Waals surface area contributed by atoms with E-state index in [1.54, 1.807) is 6.26 Å². The summed E-state index contributed by atoms with van der Waals surface area (Å²) in [6, 6.07) is 6.62. The van der Waals surface area contributed by atoms with E-state index in [1.165, 1.54) is 25.1 Å². The molecule has 1 aromatic rings. The molecule has 12 heteroatoms. The molecule has 4 fully saturated rings. The van der Waals surface area contributed by atoms with Crippen LogP contribution in [0.15, 0.2) is 42.7 Å². The van der Waals surface area contributed by atoms with Crippen molar-refractivity contribution in [2.24, 2.45) is 28.6 Å². The quantitative estimate of drug-likeness (QED) is 0.245. The molecule has 6 rings (SSSR count). The lowest BCUT2D eigenvalue weighted by atomic mass is 9.42. The first-order chi connectivity index (χ1) is 20.8. The number of aldehydes is 1. The Hall–Kier alpha value is -2.96. The number of esters is 2. The van der Waals surface area contributed by atoms with Gasteiger partial charge in [0.05, 0.1) is 24.4 Å². The van der Waals surface area contributed by atoms with E-state index in [9.17, 15) is 27.6 Å². The van der Waals surface area contributed by atoms with E-state index in [4.69, 9.17) is 28.4 Å². The Morgan fingerprint density at radius 3 is 2.36 bits per heavy atom. The molecule has 11 atom stereocenters. The number of hydrogen-bond acceptors (Lipinski definition) is 9. The average Bonchev–Trinajstić information content (AvgIpc) is 3.39. The first-order valence-corrected chi connectivity index (χ1v) is 14.9. The molecule has 9 nitrogen and oxygen atoms in total. The third-order valence-corrected chi connectivity index (χ3v) is 11.1. The molecule has 5 aliphatic rings. The number of halogens is 3. The molecular weight excluding hydrogens is 585 g/mol. The van der Waals surface area contributed by atoms with Gasteiger partial charge in [0, 0.05) is 37.4 Å². The number of carbonyl (C=O) groups excluding carboxylic acids is 3. The highest BCUT2D eigenvalue weighted by atomic mass is 19.4. The number of carbonyl (C=O) groups is 3. The minimum Gasteiger partial charge on any atom is -0.472 e. The molecule has 0 bridgehead atoms. The highest BCUT2D eigenvalue weighted by Gasteiger charge is 2.78. The van der Waals surface area contributed by atoms with E-state index < -0.39 is 76.2 Å². The van der Waals surface area contributed by atoms with Crippen molar-refractivity contribution in [2.75, 3.05) is 13.7 Å². The number of ether oxygens (including phenoxy) is 6. The maximum absolute atomic E-state index is 14.7. The van der Waals surface area contributed by atoms with Gasteiger partial charge in [0.1, 0.15) is 24.1 Å². The van der Waals surface area contributed by atoms with Crippen molar-refractivity contribution in [3.63, 3.8) is 0 Å². The number of epoxide rings is 1. The third-order valence-electron chi connectivity index (χ3n) is 11.1. The molecule has 2 aliphatic carbocycles. The Labute approximate surface area is 253 Å². The standard InChI is InChI=1S/C32H37F3O9/c1-18-12-25(42-19(2)37)30(16-36)23(28(18,3)24-13-20-10-11-40-26(20)44-24)14-22(15-29(30)17-41-29)43-27(38)31(39-4,32(33,34)35)21-8-6-5-7-9-21/h5-11,16,18,20,22-26H,12-15,17H2,1-4H3/t18-,20-,22-,23-,24+,25+,26+,28+,29+,30+,31+/m1/s1. The number of rotatable bonds is 7. The van der Waals surface area contributed by atoms with Crippen LogP contribution in [-0.2, 0) is 48.4 Å². The summed E-state index contributed by atoms with van der Waals surface area (Å²) in [6.45, 7) is 5.36. The van der Waals surface area contributed by atoms with Gasteiger partial charge in [0.15, 0.2) is 0 Å². The van der Waals surface area contributed by atoms with Crippen LogP contribution in [0.3, 0.4) is 0 Å². The summed E-state index contributed by atoms with van der Waals surface area (Å²) >= 11 is 0. The highest BCUT2D eigenvalue weighted by Crippen LogP contribution is 2.69. The minimum absolute atomic E-state index is 0.00387. The molecule has 1 aromatic carbocycles. The molecule has 0 amide bonds. The van der Waals surface area contributed by atoms with Crippen LogP contribution in [0.2, 0.25) is 0 Å². The van der Waals surface area contributed by atoms with Gasteiger partial charge in [-0.3, -0.25) is 4.79 Å². The Morgan fingerprint density at radius 2 is 1.80 bits per heavy atom. The number of benzene rings is 1. The first-order valence-electron chi connectivity index (χ1n) is 14.9. The number of hydrogen-bond donors (Lipinski definition) is 0. The Bertz CT molecular complexity index is 1330. The summed E-state index contributed by atoms with van der Waals surface area (Å²) in [5.41, 5.74) is -7.10. The van der Waals surface area contributed by atoms with Crippen LogP contribution < -0.4 is 0 Å². The van der Waals surface area contributed by atoms with Crippen molar-refractivity contribution in [3.05, 3.63) is 48.2 Å². The number of fused-ring (bicyclic) bond motifs is 3. The second-order valence-electron chi connectivity index (χ2n) is 13.1. The van der Waals surface area contributed by atoms with Gasteiger partial charge in [-0.05, 0) is 37.2 Å². The van der Waals surface area contributed by atoms with Gasteiger partial charge in [-0.15, -0.1) is 0 Å². The van der Waals surface area contributed by atoms with Crippen molar-refractivity contribution in [1.29, 1.82) is 0 Å². The third kappa shape index (κ3) is 4.27. The fraction of sp³-hybridized carbons (Fsp3) is 0.656. The van der Waals surface area contributed by atoms with E-state index >= 15 is 0 Å². The topological polar surface area (TPSA) is 110 Å². The van der Waals surface area contributed by atoms with Crippen molar-refractivity contribution in [1.82, 2.24) is 0 Å².